The fourth-order valence-corrected chi connectivity index (χ4v) is 0.636. The third kappa shape index (κ3) is 14.7. The molecule has 0 aromatic heterocycles. The van der Waals surface area contributed by atoms with Crippen LogP contribution in [-0.2, 0) is 19.1 Å². The lowest BCUT2D eigenvalue weighted by atomic mass is 10.4. The summed E-state index contributed by atoms with van der Waals surface area (Å²) in [6, 6.07) is 0. The van der Waals surface area contributed by atoms with Crippen molar-refractivity contribution in [2.75, 3.05) is 13.2 Å². The molecule has 0 radical (unpaired) electrons. The average molecular weight is 244 g/mol. The van der Waals surface area contributed by atoms with Gasteiger partial charge in [0.15, 0.2) is 0 Å². The number of carbonyl (C=O) groups excluding carboxylic acids is 2. The molecule has 0 saturated carbocycles. The van der Waals surface area contributed by atoms with Crippen molar-refractivity contribution in [2.24, 2.45) is 0 Å². The first-order chi connectivity index (χ1) is 7.99. The zero-order valence-corrected chi connectivity index (χ0v) is 11.4. The van der Waals surface area contributed by atoms with Gasteiger partial charge >= 0.3 is 11.9 Å². The summed E-state index contributed by atoms with van der Waals surface area (Å²) in [6.07, 6.45) is 2.25. The van der Waals surface area contributed by atoms with Gasteiger partial charge < -0.3 is 9.47 Å². The average Bonchev–Trinajstić information content (AvgIpc) is 2.33. The van der Waals surface area contributed by atoms with E-state index in [-0.39, 0.29) is 11.9 Å². The van der Waals surface area contributed by atoms with Gasteiger partial charge in [-0.3, -0.25) is 4.79 Å². The second kappa shape index (κ2) is 12.7. The minimum atomic E-state index is -0.295. The molecule has 0 rings (SSSR count). The first kappa shape index (κ1) is 18.1. The predicted molar refractivity (Wildman–Crippen MR) is 67.6 cm³/mol. The normalized spacial score (nSPS) is 8.71. The minimum absolute atomic E-state index is 0.105. The van der Waals surface area contributed by atoms with Gasteiger partial charge in [0.25, 0.3) is 0 Å². The summed E-state index contributed by atoms with van der Waals surface area (Å²) in [5.74, 6) is -0.399. The van der Waals surface area contributed by atoms with Crippen LogP contribution >= 0.6 is 0 Å². The van der Waals surface area contributed by atoms with Crippen LogP contribution in [0.2, 0.25) is 0 Å². The van der Waals surface area contributed by atoms with Crippen molar-refractivity contribution in [1.29, 1.82) is 0 Å². The highest BCUT2D eigenvalue weighted by Crippen LogP contribution is 1.91. The molecule has 0 spiro atoms. The molecule has 0 unspecified atom stereocenters. The number of carbonyl (C=O) groups is 2. The van der Waals surface area contributed by atoms with Crippen LogP contribution in [0.15, 0.2) is 12.2 Å². The number of ether oxygens (including phenoxy) is 2. The Hall–Kier alpha value is -1.32. The van der Waals surface area contributed by atoms with Crippen molar-refractivity contribution in [1.82, 2.24) is 0 Å². The quantitative estimate of drug-likeness (QED) is 0.532. The monoisotopic (exact) mass is 244 g/mol. The number of hydrogen-bond acceptors (Lipinski definition) is 4. The molecule has 0 bridgehead atoms. The molecule has 0 aromatic rings. The fourth-order valence-electron chi connectivity index (χ4n) is 0.636. The minimum Gasteiger partial charge on any atom is -0.466 e. The summed E-state index contributed by atoms with van der Waals surface area (Å²) in [5.41, 5.74) is 0.462. The predicted octanol–water partition coefficient (Wildman–Crippen LogP) is 2.87. The van der Waals surface area contributed by atoms with E-state index in [4.69, 9.17) is 9.47 Å². The molecule has 17 heavy (non-hydrogen) atoms. The van der Waals surface area contributed by atoms with Gasteiger partial charge in [0, 0.05) is 12.0 Å². The summed E-state index contributed by atoms with van der Waals surface area (Å²) in [4.78, 5) is 20.9. The highest BCUT2D eigenvalue weighted by Gasteiger charge is 1.99. The van der Waals surface area contributed by atoms with Crippen LogP contribution < -0.4 is 0 Å². The third-order valence-electron chi connectivity index (χ3n) is 1.54. The second-order valence-electron chi connectivity index (χ2n) is 3.49. The van der Waals surface area contributed by atoms with Crippen molar-refractivity contribution in [3.63, 3.8) is 0 Å². The first-order valence-corrected chi connectivity index (χ1v) is 5.97. The van der Waals surface area contributed by atoms with Gasteiger partial charge in [-0.1, -0.05) is 27.4 Å². The maximum atomic E-state index is 10.6. The zero-order valence-electron chi connectivity index (χ0n) is 11.4. The summed E-state index contributed by atoms with van der Waals surface area (Å²) in [6.45, 7) is 11.8. The smallest absolute Gasteiger partial charge is 0.333 e. The van der Waals surface area contributed by atoms with Crippen LogP contribution in [0.25, 0.3) is 0 Å². The molecule has 4 heteroatoms. The molecule has 0 N–H and O–H groups in total. The SMILES string of the molecule is C=C(C)C(=O)OCCC.CCCOC(=O)CC. The highest BCUT2D eigenvalue weighted by atomic mass is 16.5. The molecule has 0 aromatic carbocycles. The molecule has 0 aliphatic carbocycles. The molecule has 0 aliphatic rings. The summed E-state index contributed by atoms with van der Waals surface area (Å²) >= 11 is 0. The molecule has 100 valence electrons. The fraction of sp³-hybridized carbons (Fsp3) is 0.692. The highest BCUT2D eigenvalue weighted by molar-refractivity contribution is 5.86. The molecule has 0 amide bonds. The van der Waals surface area contributed by atoms with Crippen LogP contribution in [0.5, 0.6) is 0 Å². The van der Waals surface area contributed by atoms with Crippen LogP contribution in [0.3, 0.4) is 0 Å². The Balaban J connectivity index is 0. The number of hydrogen-bond donors (Lipinski definition) is 0. The third-order valence-corrected chi connectivity index (χ3v) is 1.54. The molecule has 0 fully saturated rings. The lowest BCUT2D eigenvalue weighted by Crippen LogP contribution is -2.04. The maximum Gasteiger partial charge on any atom is 0.333 e. The summed E-state index contributed by atoms with van der Waals surface area (Å²) in [5, 5.41) is 0. The number of esters is 2. The van der Waals surface area contributed by atoms with E-state index in [0.29, 0.717) is 25.2 Å². The van der Waals surface area contributed by atoms with Crippen molar-refractivity contribution >= 4 is 11.9 Å². The van der Waals surface area contributed by atoms with E-state index in [0.717, 1.165) is 12.8 Å². The Morgan fingerprint density at radius 1 is 1.00 bits per heavy atom. The molecule has 0 heterocycles. The Morgan fingerprint density at radius 2 is 1.47 bits per heavy atom. The second-order valence-corrected chi connectivity index (χ2v) is 3.49. The maximum absolute atomic E-state index is 10.6. The van der Waals surface area contributed by atoms with E-state index in [1.807, 2.05) is 13.8 Å². The van der Waals surface area contributed by atoms with E-state index in [2.05, 4.69) is 6.58 Å². The molecular weight excluding hydrogens is 220 g/mol. The van der Waals surface area contributed by atoms with E-state index in [1.165, 1.54) is 0 Å². The van der Waals surface area contributed by atoms with Crippen molar-refractivity contribution in [3.05, 3.63) is 12.2 Å². The lowest BCUT2D eigenvalue weighted by molar-refractivity contribution is -0.143. The van der Waals surface area contributed by atoms with Gasteiger partial charge in [0.05, 0.1) is 13.2 Å². The Labute approximate surface area is 104 Å². The van der Waals surface area contributed by atoms with Gasteiger partial charge in [-0.2, -0.15) is 0 Å². The lowest BCUT2D eigenvalue weighted by Gasteiger charge is -1.99. The molecule has 0 atom stereocenters. The van der Waals surface area contributed by atoms with Crippen LogP contribution in [0.1, 0.15) is 47.0 Å². The molecular formula is C13H24O4. The van der Waals surface area contributed by atoms with Crippen LogP contribution in [0.4, 0.5) is 0 Å². The Bertz CT molecular complexity index is 234. The van der Waals surface area contributed by atoms with E-state index in [1.54, 1.807) is 13.8 Å². The Kier molecular flexibility index (Phi) is 13.5. The largest absolute Gasteiger partial charge is 0.466 e. The molecule has 0 aliphatic heterocycles. The van der Waals surface area contributed by atoms with Gasteiger partial charge in [0.1, 0.15) is 0 Å². The molecule has 4 nitrogen and oxygen atoms in total. The van der Waals surface area contributed by atoms with E-state index < -0.39 is 0 Å². The van der Waals surface area contributed by atoms with Crippen molar-refractivity contribution in [2.45, 2.75) is 47.0 Å². The van der Waals surface area contributed by atoms with Gasteiger partial charge in [-0.25, -0.2) is 4.79 Å². The molecule has 0 saturated heterocycles. The van der Waals surface area contributed by atoms with Gasteiger partial charge in [-0.05, 0) is 19.8 Å². The summed E-state index contributed by atoms with van der Waals surface area (Å²) < 4.78 is 9.42. The zero-order chi connectivity index (χ0) is 13.7. The number of rotatable bonds is 6. The van der Waals surface area contributed by atoms with Crippen LogP contribution in [0, 0.1) is 0 Å². The van der Waals surface area contributed by atoms with Crippen molar-refractivity contribution in [3.8, 4) is 0 Å². The topological polar surface area (TPSA) is 52.6 Å². The van der Waals surface area contributed by atoms with E-state index >= 15 is 0 Å². The Morgan fingerprint density at radius 3 is 1.82 bits per heavy atom. The van der Waals surface area contributed by atoms with E-state index in [9.17, 15) is 9.59 Å². The summed E-state index contributed by atoms with van der Waals surface area (Å²) in [7, 11) is 0. The van der Waals surface area contributed by atoms with Gasteiger partial charge in [-0.15, -0.1) is 0 Å². The standard InChI is InChI=1S/C7H12O2.C6H12O2/c1-4-5-9-7(8)6(2)3;1-3-5-8-6(7)4-2/h2,4-5H2,1,3H3;3-5H2,1-2H3. The van der Waals surface area contributed by atoms with Crippen molar-refractivity contribution < 1.29 is 19.1 Å². The van der Waals surface area contributed by atoms with Crippen LogP contribution in [-0.4, -0.2) is 25.2 Å². The first-order valence-electron chi connectivity index (χ1n) is 5.97. The van der Waals surface area contributed by atoms with Gasteiger partial charge in [0.2, 0.25) is 0 Å².